The van der Waals surface area contributed by atoms with Crippen LogP contribution in [0.4, 0.5) is 0 Å². The number of ether oxygens (including phenoxy) is 2. The van der Waals surface area contributed by atoms with Gasteiger partial charge in [0.25, 0.3) is 0 Å². The fourth-order valence-corrected chi connectivity index (χ4v) is 2.52. The van der Waals surface area contributed by atoms with E-state index in [4.69, 9.17) is 14.7 Å². The maximum absolute atomic E-state index is 8.63. The van der Waals surface area contributed by atoms with E-state index in [0.29, 0.717) is 24.7 Å². The van der Waals surface area contributed by atoms with Crippen LogP contribution in [0.15, 0.2) is 21.8 Å². The molecule has 0 spiro atoms. The fourth-order valence-electron chi connectivity index (χ4n) is 1.95. The van der Waals surface area contributed by atoms with Gasteiger partial charge < -0.3 is 19.6 Å². The van der Waals surface area contributed by atoms with Gasteiger partial charge in [-0.1, -0.05) is 19.0 Å². The smallest absolute Gasteiger partial charge is 0.175 e. The molecule has 6 heteroatoms. The van der Waals surface area contributed by atoms with Crippen LogP contribution in [0.5, 0.6) is 11.5 Å². The Kier molecular flexibility index (Phi) is 8.15. The molecule has 0 aromatic heterocycles. The number of hydrogen-bond donors (Lipinski definition) is 1. The summed E-state index contributed by atoms with van der Waals surface area (Å²) in [4.78, 5) is 2.29. The maximum atomic E-state index is 8.63. The predicted molar refractivity (Wildman–Crippen MR) is 88.0 cm³/mol. The standard InChI is InChI=1S/C15H23BrN2O3/c1-4-18(5-2)7-8-21-15-13(16)9-12(11-17-19)10-14(15)20-6-3/h9-11,19H,4-8H2,1-3H3. The van der Waals surface area contributed by atoms with Crippen molar-refractivity contribution in [3.8, 4) is 11.5 Å². The summed E-state index contributed by atoms with van der Waals surface area (Å²) in [5.74, 6) is 1.32. The molecular formula is C15H23BrN2O3. The van der Waals surface area contributed by atoms with Crippen molar-refractivity contribution in [3.05, 3.63) is 22.2 Å². The van der Waals surface area contributed by atoms with E-state index >= 15 is 0 Å². The number of benzene rings is 1. The number of oxime groups is 1. The molecule has 0 saturated heterocycles. The van der Waals surface area contributed by atoms with Crippen LogP contribution in [0.2, 0.25) is 0 Å². The van der Waals surface area contributed by atoms with Gasteiger partial charge in [-0.05, 0) is 48.1 Å². The first kappa shape index (κ1) is 17.8. The highest BCUT2D eigenvalue weighted by atomic mass is 79.9. The van der Waals surface area contributed by atoms with Crippen molar-refractivity contribution in [1.82, 2.24) is 4.90 Å². The summed E-state index contributed by atoms with van der Waals surface area (Å²) in [7, 11) is 0. The molecule has 1 aromatic carbocycles. The van der Waals surface area contributed by atoms with Crippen LogP contribution >= 0.6 is 15.9 Å². The summed E-state index contributed by atoms with van der Waals surface area (Å²) in [6, 6.07) is 3.62. The molecule has 21 heavy (non-hydrogen) atoms. The largest absolute Gasteiger partial charge is 0.490 e. The van der Waals surface area contributed by atoms with Crippen LogP contribution < -0.4 is 9.47 Å². The normalized spacial score (nSPS) is 11.3. The second-order valence-electron chi connectivity index (χ2n) is 4.38. The zero-order chi connectivity index (χ0) is 15.7. The summed E-state index contributed by atoms with van der Waals surface area (Å²) in [5, 5.41) is 11.7. The van der Waals surface area contributed by atoms with Crippen molar-refractivity contribution >= 4 is 22.1 Å². The van der Waals surface area contributed by atoms with Crippen molar-refractivity contribution in [1.29, 1.82) is 0 Å². The van der Waals surface area contributed by atoms with E-state index in [1.807, 2.05) is 13.0 Å². The molecule has 5 nitrogen and oxygen atoms in total. The molecule has 118 valence electrons. The third kappa shape index (κ3) is 5.55. The van der Waals surface area contributed by atoms with E-state index < -0.39 is 0 Å². The lowest BCUT2D eigenvalue weighted by molar-refractivity contribution is 0.213. The zero-order valence-electron chi connectivity index (χ0n) is 12.8. The second-order valence-corrected chi connectivity index (χ2v) is 5.24. The van der Waals surface area contributed by atoms with E-state index in [-0.39, 0.29) is 0 Å². The second kappa shape index (κ2) is 9.63. The van der Waals surface area contributed by atoms with Crippen molar-refractivity contribution in [3.63, 3.8) is 0 Å². The van der Waals surface area contributed by atoms with Crippen LogP contribution in [-0.2, 0) is 0 Å². The maximum Gasteiger partial charge on any atom is 0.175 e. The van der Waals surface area contributed by atoms with Gasteiger partial charge in [-0.3, -0.25) is 0 Å². The molecular weight excluding hydrogens is 336 g/mol. The Balaban J connectivity index is 2.84. The predicted octanol–water partition coefficient (Wildman–Crippen LogP) is 3.38. The van der Waals surface area contributed by atoms with E-state index in [1.54, 1.807) is 6.07 Å². The van der Waals surface area contributed by atoms with Crippen LogP contribution in [0.3, 0.4) is 0 Å². The van der Waals surface area contributed by atoms with Gasteiger partial charge in [0.15, 0.2) is 11.5 Å². The molecule has 1 aromatic rings. The highest BCUT2D eigenvalue weighted by molar-refractivity contribution is 9.10. The molecule has 0 saturated carbocycles. The van der Waals surface area contributed by atoms with Gasteiger partial charge in [0, 0.05) is 12.1 Å². The molecule has 0 amide bonds. The van der Waals surface area contributed by atoms with E-state index in [2.05, 4.69) is 39.8 Å². The van der Waals surface area contributed by atoms with Crippen LogP contribution in [0, 0.1) is 0 Å². The van der Waals surface area contributed by atoms with Crippen LogP contribution in [0.25, 0.3) is 0 Å². The Morgan fingerprint density at radius 2 is 1.95 bits per heavy atom. The SMILES string of the molecule is CCOc1cc(C=NO)cc(Br)c1OCCN(CC)CC. The molecule has 0 radical (unpaired) electrons. The minimum Gasteiger partial charge on any atom is -0.490 e. The highest BCUT2D eigenvalue weighted by Gasteiger charge is 2.12. The Bertz CT molecular complexity index is 462. The van der Waals surface area contributed by atoms with Crippen molar-refractivity contribution in [2.24, 2.45) is 5.16 Å². The zero-order valence-corrected chi connectivity index (χ0v) is 14.4. The number of nitrogens with zero attached hydrogens (tertiary/aromatic N) is 2. The Hall–Kier alpha value is -1.27. The van der Waals surface area contributed by atoms with Crippen molar-refractivity contribution in [2.75, 3.05) is 32.8 Å². The minimum absolute atomic E-state index is 0.540. The molecule has 1 rings (SSSR count). The topological polar surface area (TPSA) is 54.3 Å². The molecule has 0 unspecified atom stereocenters. The third-order valence-corrected chi connectivity index (χ3v) is 3.68. The van der Waals surface area contributed by atoms with Crippen LogP contribution in [0.1, 0.15) is 26.3 Å². The molecule has 0 aliphatic heterocycles. The van der Waals surface area contributed by atoms with Gasteiger partial charge >= 0.3 is 0 Å². The van der Waals surface area contributed by atoms with Gasteiger partial charge in [0.2, 0.25) is 0 Å². The summed E-state index contributed by atoms with van der Waals surface area (Å²) in [6.07, 6.45) is 1.35. The van der Waals surface area contributed by atoms with Gasteiger partial charge in [0.05, 0.1) is 17.3 Å². The van der Waals surface area contributed by atoms with E-state index in [9.17, 15) is 0 Å². The first-order valence-electron chi connectivity index (χ1n) is 7.15. The van der Waals surface area contributed by atoms with Gasteiger partial charge in [-0.25, -0.2) is 0 Å². The average Bonchev–Trinajstić information content (AvgIpc) is 2.46. The quantitative estimate of drug-likeness (QED) is 0.417. The monoisotopic (exact) mass is 358 g/mol. The molecule has 0 aliphatic rings. The van der Waals surface area contributed by atoms with Crippen molar-refractivity contribution in [2.45, 2.75) is 20.8 Å². The summed E-state index contributed by atoms with van der Waals surface area (Å²) in [6.45, 7) is 10.2. The lowest BCUT2D eigenvalue weighted by atomic mass is 10.2. The third-order valence-electron chi connectivity index (χ3n) is 3.09. The van der Waals surface area contributed by atoms with E-state index in [1.165, 1.54) is 6.21 Å². The molecule has 0 aliphatic carbocycles. The minimum atomic E-state index is 0.540. The first-order chi connectivity index (χ1) is 10.2. The number of halogens is 1. The molecule has 0 atom stereocenters. The highest BCUT2D eigenvalue weighted by Crippen LogP contribution is 2.36. The first-order valence-corrected chi connectivity index (χ1v) is 7.94. The summed E-state index contributed by atoms with van der Waals surface area (Å²) in [5.41, 5.74) is 0.740. The summed E-state index contributed by atoms with van der Waals surface area (Å²) >= 11 is 3.48. The molecule has 0 heterocycles. The van der Waals surface area contributed by atoms with Gasteiger partial charge in [-0.2, -0.15) is 0 Å². The Labute approximate surface area is 134 Å². The average molecular weight is 359 g/mol. The Morgan fingerprint density at radius 3 is 2.52 bits per heavy atom. The van der Waals surface area contributed by atoms with Crippen molar-refractivity contribution < 1.29 is 14.7 Å². The lowest BCUT2D eigenvalue weighted by Crippen LogP contribution is -2.28. The van der Waals surface area contributed by atoms with Gasteiger partial charge in [0.1, 0.15) is 6.61 Å². The van der Waals surface area contributed by atoms with E-state index in [0.717, 1.165) is 29.7 Å². The molecule has 0 bridgehead atoms. The summed E-state index contributed by atoms with van der Waals surface area (Å²) < 4.78 is 12.3. The lowest BCUT2D eigenvalue weighted by Gasteiger charge is -2.19. The fraction of sp³-hybridized carbons (Fsp3) is 0.533. The number of rotatable bonds is 9. The molecule has 0 fully saturated rings. The number of hydrogen-bond acceptors (Lipinski definition) is 5. The molecule has 1 N–H and O–H groups in total. The van der Waals surface area contributed by atoms with Crippen LogP contribution in [-0.4, -0.2) is 49.2 Å². The Morgan fingerprint density at radius 1 is 1.24 bits per heavy atom. The van der Waals surface area contributed by atoms with Gasteiger partial charge in [-0.15, -0.1) is 0 Å². The number of likely N-dealkylation sites (N-methyl/N-ethyl adjacent to an activating group) is 1.